The van der Waals surface area contributed by atoms with Gasteiger partial charge < -0.3 is 10.6 Å². The Kier molecular flexibility index (Phi) is 5.59. The average molecular weight is 487 g/mol. The second-order valence-corrected chi connectivity index (χ2v) is 10.5. The lowest BCUT2D eigenvalue weighted by Gasteiger charge is -2.25. The number of hydrogen-bond donors (Lipinski definition) is 1. The Balaban J connectivity index is 1.80. The van der Waals surface area contributed by atoms with Gasteiger partial charge in [0.25, 0.3) is 5.92 Å². The molecule has 0 aromatic heterocycles. The maximum absolute atomic E-state index is 14.7. The van der Waals surface area contributed by atoms with Crippen molar-refractivity contribution in [2.45, 2.75) is 36.2 Å². The molecule has 1 amide bonds. The van der Waals surface area contributed by atoms with Crippen LogP contribution >= 0.6 is 11.6 Å². The summed E-state index contributed by atoms with van der Waals surface area (Å²) in [5.74, 6) is -7.67. The van der Waals surface area contributed by atoms with Crippen molar-refractivity contribution >= 4 is 38.8 Å². The molecule has 32 heavy (non-hydrogen) atoms. The number of hydrogen-bond acceptors (Lipinski definition) is 5. The molecule has 1 aliphatic heterocycles. The minimum atomic E-state index is -4.17. The van der Waals surface area contributed by atoms with Crippen LogP contribution in [-0.4, -0.2) is 37.8 Å². The molecule has 1 fully saturated rings. The summed E-state index contributed by atoms with van der Waals surface area (Å²) in [5.41, 5.74) is 5.62. The van der Waals surface area contributed by atoms with Crippen LogP contribution in [0.3, 0.4) is 0 Å². The number of ketones is 1. The number of anilines is 1. The van der Waals surface area contributed by atoms with Crippen molar-refractivity contribution in [1.29, 1.82) is 0 Å². The number of benzene rings is 2. The summed E-state index contributed by atoms with van der Waals surface area (Å²) >= 11 is 5.88. The Hall–Kier alpha value is -2.43. The van der Waals surface area contributed by atoms with Crippen LogP contribution in [0.5, 0.6) is 0 Å². The zero-order valence-corrected chi connectivity index (χ0v) is 18.1. The van der Waals surface area contributed by atoms with E-state index in [1.54, 1.807) is 24.3 Å². The monoisotopic (exact) mass is 486 g/mol. The molecule has 1 aliphatic carbocycles. The van der Waals surface area contributed by atoms with Gasteiger partial charge in [-0.3, -0.25) is 9.59 Å². The number of nitrogens with two attached hydrogens (primary N) is 1. The molecule has 2 aliphatic rings. The number of fused-ring (bicyclic) bond motifs is 1. The lowest BCUT2D eigenvalue weighted by atomic mass is 10.0. The second-order valence-electron chi connectivity index (χ2n) is 8.03. The van der Waals surface area contributed by atoms with Gasteiger partial charge >= 0.3 is 0 Å². The Bertz CT molecular complexity index is 1220. The van der Waals surface area contributed by atoms with E-state index in [1.807, 2.05) is 0 Å². The normalized spacial score (nSPS) is 23.4. The highest BCUT2D eigenvalue weighted by Crippen LogP contribution is 2.51. The molecule has 2 aromatic rings. The fourth-order valence-electron chi connectivity index (χ4n) is 3.69. The molecule has 4 rings (SSSR count). The number of alkyl halides is 2. The maximum Gasteiger partial charge on any atom is 0.252 e. The molecule has 2 N–H and O–H groups in total. The molecule has 0 saturated heterocycles. The molecule has 0 bridgehead atoms. The van der Waals surface area contributed by atoms with Crippen molar-refractivity contribution in [3.8, 4) is 0 Å². The van der Waals surface area contributed by atoms with E-state index in [9.17, 15) is 31.2 Å². The first-order valence-electron chi connectivity index (χ1n) is 9.68. The highest BCUT2D eigenvalue weighted by molar-refractivity contribution is 7.91. The molecule has 170 valence electrons. The highest BCUT2D eigenvalue weighted by atomic mass is 35.5. The SMILES string of the molecule is N[C@H]1CS(=O)(=O)c2cc(F)c(C(=O)CC3CC3(F)F)cc2N(Cc2ccc(Cl)cc2)C1=O. The molecule has 1 saturated carbocycles. The Morgan fingerprint density at radius 1 is 1.22 bits per heavy atom. The second kappa shape index (κ2) is 7.86. The summed E-state index contributed by atoms with van der Waals surface area (Å²) in [6.45, 7) is -0.119. The predicted octanol–water partition coefficient (Wildman–Crippen LogP) is 3.35. The van der Waals surface area contributed by atoms with Gasteiger partial charge in [-0.1, -0.05) is 23.7 Å². The van der Waals surface area contributed by atoms with E-state index >= 15 is 0 Å². The third-order valence-corrected chi connectivity index (χ3v) is 7.65. The zero-order valence-electron chi connectivity index (χ0n) is 16.5. The topological polar surface area (TPSA) is 97.5 Å². The summed E-state index contributed by atoms with van der Waals surface area (Å²) in [6.07, 6.45) is -1.05. The quantitative estimate of drug-likeness (QED) is 0.654. The standard InChI is InChI=1S/C21H18ClF3N2O4S/c22-13-3-1-11(2-4-13)9-27-17-6-14(18(28)5-12-8-21(12,24)25)15(23)7-19(17)32(30,31)10-16(26)20(27)29/h1-4,6-7,12,16H,5,8-10,26H2/t12?,16-/m0/s1. The van der Waals surface area contributed by atoms with Gasteiger partial charge in [-0.15, -0.1) is 0 Å². The minimum Gasteiger partial charge on any atom is -0.319 e. The van der Waals surface area contributed by atoms with Crippen LogP contribution in [0.25, 0.3) is 0 Å². The molecule has 0 radical (unpaired) electrons. The van der Waals surface area contributed by atoms with Crippen LogP contribution in [0.15, 0.2) is 41.3 Å². The van der Waals surface area contributed by atoms with Gasteiger partial charge in [0.2, 0.25) is 5.91 Å². The fraction of sp³-hybridized carbons (Fsp3) is 0.333. The molecular formula is C21H18ClF3N2O4S. The third kappa shape index (κ3) is 4.26. The molecule has 11 heteroatoms. The van der Waals surface area contributed by atoms with Gasteiger partial charge in [0.15, 0.2) is 15.6 Å². The number of carbonyl (C=O) groups is 2. The molecule has 2 atom stereocenters. The van der Waals surface area contributed by atoms with Gasteiger partial charge in [0.05, 0.1) is 34.5 Å². The lowest BCUT2D eigenvalue weighted by Crippen LogP contribution is -2.45. The van der Waals surface area contributed by atoms with E-state index in [2.05, 4.69) is 0 Å². The number of halogens is 4. The van der Waals surface area contributed by atoms with Crippen molar-refractivity contribution in [2.24, 2.45) is 11.7 Å². The maximum atomic E-state index is 14.7. The first-order valence-corrected chi connectivity index (χ1v) is 11.7. The Morgan fingerprint density at radius 2 is 1.84 bits per heavy atom. The molecule has 6 nitrogen and oxygen atoms in total. The molecule has 1 unspecified atom stereocenters. The fourth-order valence-corrected chi connectivity index (χ4v) is 5.39. The van der Waals surface area contributed by atoms with Gasteiger partial charge in [0, 0.05) is 23.8 Å². The third-order valence-electron chi connectivity index (χ3n) is 5.60. The number of nitrogens with zero attached hydrogens (tertiary/aromatic N) is 1. The van der Waals surface area contributed by atoms with Gasteiger partial charge in [0.1, 0.15) is 5.82 Å². The predicted molar refractivity (Wildman–Crippen MR) is 111 cm³/mol. The van der Waals surface area contributed by atoms with E-state index in [1.165, 1.54) is 0 Å². The lowest BCUT2D eigenvalue weighted by molar-refractivity contribution is -0.119. The van der Waals surface area contributed by atoms with Crippen LogP contribution in [0.4, 0.5) is 18.9 Å². The van der Waals surface area contributed by atoms with Crippen molar-refractivity contribution < 1.29 is 31.2 Å². The van der Waals surface area contributed by atoms with Crippen molar-refractivity contribution in [2.75, 3.05) is 10.7 Å². The van der Waals surface area contributed by atoms with E-state index in [0.29, 0.717) is 16.7 Å². The van der Waals surface area contributed by atoms with Crippen molar-refractivity contribution in [3.63, 3.8) is 0 Å². The van der Waals surface area contributed by atoms with Crippen LogP contribution < -0.4 is 10.6 Å². The van der Waals surface area contributed by atoms with Crippen LogP contribution in [0.1, 0.15) is 28.8 Å². The molecular weight excluding hydrogens is 469 g/mol. The minimum absolute atomic E-state index is 0.119. The first-order chi connectivity index (χ1) is 14.9. The van der Waals surface area contributed by atoms with Crippen LogP contribution in [0.2, 0.25) is 5.02 Å². The van der Waals surface area contributed by atoms with Crippen molar-refractivity contribution in [1.82, 2.24) is 0 Å². The van der Waals surface area contributed by atoms with Crippen LogP contribution in [-0.2, 0) is 21.2 Å². The van der Waals surface area contributed by atoms with E-state index in [0.717, 1.165) is 11.0 Å². The first kappa shape index (κ1) is 22.8. The summed E-state index contributed by atoms with van der Waals surface area (Å²) in [7, 11) is -4.17. The molecule has 0 spiro atoms. The zero-order chi connectivity index (χ0) is 23.4. The smallest absolute Gasteiger partial charge is 0.252 e. The molecule has 1 heterocycles. The summed E-state index contributed by atoms with van der Waals surface area (Å²) in [6, 6.07) is 6.57. The Labute approximate surface area is 187 Å². The number of Topliss-reactive ketones (excluding diaryl/α,β-unsaturated/α-hetero) is 1. The summed E-state index contributed by atoms with van der Waals surface area (Å²) in [5, 5.41) is 0.447. The van der Waals surface area contributed by atoms with Crippen molar-refractivity contribution in [3.05, 3.63) is 58.4 Å². The van der Waals surface area contributed by atoms with E-state index in [4.69, 9.17) is 17.3 Å². The van der Waals surface area contributed by atoms with E-state index < -0.39 is 74.3 Å². The Morgan fingerprint density at radius 3 is 2.44 bits per heavy atom. The van der Waals surface area contributed by atoms with Gasteiger partial charge in [-0.2, -0.15) is 0 Å². The molecule has 2 aromatic carbocycles. The van der Waals surface area contributed by atoms with Gasteiger partial charge in [-0.25, -0.2) is 21.6 Å². The van der Waals surface area contributed by atoms with Gasteiger partial charge in [-0.05, 0) is 29.8 Å². The highest BCUT2D eigenvalue weighted by Gasteiger charge is 2.57. The van der Waals surface area contributed by atoms with Crippen LogP contribution in [0, 0.1) is 11.7 Å². The summed E-state index contributed by atoms with van der Waals surface area (Å²) < 4.78 is 66.7. The average Bonchev–Trinajstić information content (AvgIpc) is 3.32. The number of carbonyl (C=O) groups excluding carboxylic acids is 2. The van der Waals surface area contributed by atoms with E-state index in [-0.39, 0.29) is 12.2 Å². The summed E-state index contributed by atoms with van der Waals surface area (Å²) in [4.78, 5) is 26.0. The number of sulfone groups is 1. The number of amides is 1. The largest absolute Gasteiger partial charge is 0.319 e. The number of rotatable bonds is 5.